The molecule has 2 N–H and O–H groups in total. The van der Waals surface area contributed by atoms with Crippen LogP contribution in [0.1, 0.15) is 70.6 Å². The van der Waals surface area contributed by atoms with Gasteiger partial charge in [0.2, 0.25) is 0 Å². The van der Waals surface area contributed by atoms with Crippen LogP contribution in [0.4, 0.5) is 0 Å². The van der Waals surface area contributed by atoms with Crippen molar-refractivity contribution in [1.82, 2.24) is 20.4 Å². The van der Waals surface area contributed by atoms with Crippen LogP contribution in [-0.2, 0) is 0 Å². The first kappa shape index (κ1) is 20.9. The molecule has 2 heterocycles. The minimum absolute atomic E-state index is 0.314. The van der Waals surface area contributed by atoms with Crippen molar-refractivity contribution in [1.29, 1.82) is 0 Å². The number of nitrogens with one attached hydrogen (secondary N) is 2. The van der Waals surface area contributed by atoms with Crippen molar-refractivity contribution in [3.63, 3.8) is 0 Å². The van der Waals surface area contributed by atoms with Crippen molar-refractivity contribution >= 4 is 5.96 Å². The maximum atomic E-state index is 4.50. The van der Waals surface area contributed by atoms with E-state index in [-0.39, 0.29) is 0 Å². The Morgan fingerprint density at radius 1 is 0.963 bits per heavy atom. The van der Waals surface area contributed by atoms with E-state index in [4.69, 9.17) is 0 Å². The molecule has 2 aliphatic heterocycles. The van der Waals surface area contributed by atoms with Gasteiger partial charge in [-0.25, -0.2) is 0 Å². The summed E-state index contributed by atoms with van der Waals surface area (Å²) in [6, 6.07) is 0. The lowest BCUT2D eigenvalue weighted by atomic mass is 9.84. The van der Waals surface area contributed by atoms with Crippen LogP contribution in [0.15, 0.2) is 4.99 Å². The molecule has 27 heavy (non-hydrogen) atoms. The fourth-order valence-electron chi connectivity index (χ4n) is 5.37. The molecule has 0 aromatic carbocycles. The van der Waals surface area contributed by atoms with E-state index in [1.165, 1.54) is 96.8 Å². The van der Waals surface area contributed by atoms with Crippen molar-refractivity contribution in [2.75, 3.05) is 53.4 Å². The highest BCUT2D eigenvalue weighted by atomic mass is 15.3. The zero-order valence-electron chi connectivity index (χ0n) is 17.9. The van der Waals surface area contributed by atoms with Gasteiger partial charge in [-0.3, -0.25) is 9.89 Å². The van der Waals surface area contributed by atoms with Gasteiger partial charge >= 0.3 is 0 Å². The van der Waals surface area contributed by atoms with Crippen molar-refractivity contribution < 1.29 is 0 Å². The third-order valence-electron chi connectivity index (χ3n) is 7.31. The van der Waals surface area contributed by atoms with E-state index < -0.39 is 0 Å². The van der Waals surface area contributed by atoms with E-state index in [1.54, 1.807) is 0 Å². The Bertz CT molecular complexity index is 444. The lowest BCUT2D eigenvalue weighted by molar-refractivity contribution is 0.0173. The number of guanidine groups is 1. The molecule has 3 aliphatic rings. The zero-order chi connectivity index (χ0) is 19.0. The van der Waals surface area contributed by atoms with Gasteiger partial charge in [0.05, 0.1) is 0 Å². The predicted molar refractivity (Wildman–Crippen MR) is 115 cm³/mol. The number of likely N-dealkylation sites (tertiary alicyclic amines) is 2. The monoisotopic (exact) mass is 377 g/mol. The highest BCUT2D eigenvalue weighted by Crippen LogP contribution is 2.31. The molecule has 2 saturated heterocycles. The number of aliphatic imine (C=N–C) groups is 1. The normalized spacial score (nSPS) is 25.6. The van der Waals surface area contributed by atoms with Crippen LogP contribution >= 0.6 is 0 Å². The Hall–Kier alpha value is -0.810. The first-order chi connectivity index (χ1) is 13.2. The molecule has 0 radical (unpaired) electrons. The quantitative estimate of drug-likeness (QED) is 0.406. The summed E-state index contributed by atoms with van der Waals surface area (Å²) in [7, 11) is 4.17. The topological polar surface area (TPSA) is 42.9 Å². The Labute approximate surface area is 167 Å². The van der Waals surface area contributed by atoms with Crippen LogP contribution in [-0.4, -0.2) is 74.7 Å². The molecule has 5 nitrogen and oxygen atoms in total. The van der Waals surface area contributed by atoms with Gasteiger partial charge in [-0.15, -0.1) is 0 Å². The third kappa shape index (κ3) is 6.08. The summed E-state index contributed by atoms with van der Waals surface area (Å²) in [5.41, 5.74) is 0.314. The molecule has 0 amide bonds. The van der Waals surface area contributed by atoms with Crippen LogP contribution in [0.5, 0.6) is 0 Å². The van der Waals surface area contributed by atoms with Gasteiger partial charge in [0.15, 0.2) is 5.96 Å². The minimum Gasteiger partial charge on any atom is -0.356 e. The second kappa shape index (κ2) is 10.7. The Kier molecular flexibility index (Phi) is 8.25. The van der Waals surface area contributed by atoms with Gasteiger partial charge in [-0.05, 0) is 77.7 Å². The second-order valence-electron chi connectivity index (χ2n) is 9.22. The van der Waals surface area contributed by atoms with Crippen LogP contribution in [0, 0.1) is 5.92 Å². The summed E-state index contributed by atoms with van der Waals surface area (Å²) >= 11 is 0. The molecule has 0 unspecified atom stereocenters. The van der Waals surface area contributed by atoms with Crippen LogP contribution in [0.25, 0.3) is 0 Å². The fraction of sp³-hybridized carbons (Fsp3) is 0.955. The van der Waals surface area contributed by atoms with Gasteiger partial charge in [0.1, 0.15) is 0 Å². The molecule has 0 aromatic heterocycles. The number of hydrogen-bond donors (Lipinski definition) is 2. The van der Waals surface area contributed by atoms with Crippen LogP contribution < -0.4 is 10.6 Å². The maximum absolute atomic E-state index is 4.50. The Balaban J connectivity index is 1.45. The van der Waals surface area contributed by atoms with Crippen LogP contribution in [0.2, 0.25) is 0 Å². The molecule has 1 saturated carbocycles. The molecule has 5 heteroatoms. The Morgan fingerprint density at radius 2 is 1.67 bits per heavy atom. The summed E-state index contributed by atoms with van der Waals surface area (Å²) in [5, 5.41) is 7.27. The lowest BCUT2D eigenvalue weighted by Crippen LogP contribution is -2.62. The third-order valence-corrected chi connectivity index (χ3v) is 7.31. The van der Waals surface area contributed by atoms with E-state index in [2.05, 4.69) is 32.5 Å². The molecule has 0 atom stereocenters. The summed E-state index contributed by atoms with van der Waals surface area (Å²) in [6.07, 6.45) is 15.2. The highest BCUT2D eigenvalue weighted by Gasteiger charge is 2.39. The number of nitrogens with zero attached hydrogens (tertiary/aromatic N) is 3. The van der Waals surface area contributed by atoms with E-state index in [1.807, 2.05) is 7.05 Å². The van der Waals surface area contributed by atoms with Crippen molar-refractivity contribution in [2.45, 2.75) is 76.2 Å². The molecule has 156 valence electrons. The maximum Gasteiger partial charge on any atom is 0.191 e. The summed E-state index contributed by atoms with van der Waals surface area (Å²) in [6.45, 7) is 7.06. The molecular formula is C22H43N5. The number of piperidine rings is 2. The average molecular weight is 378 g/mol. The highest BCUT2D eigenvalue weighted by molar-refractivity contribution is 5.79. The number of rotatable bonds is 7. The minimum atomic E-state index is 0.314. The lowest BCUT2D eigenvalue weighted by Gasteiger charge is -2.50. The smallest absolute Gasteiger partial charge is 0.191 e. The van der Waals surface area contributed by atoms with E-state index in [0.29, 0.717) is 5.54 Å². The fourth-order valence-corrected chi connectivity index (χ4v) is 5.37. The molecule has 0 bridgehead atoms. The van der Waals surface area contributed by atoms with Crippen molar-refractivity contribution in [3.8, 4) is 0 Å². The van der Waals surface area contributed by atoms with Gasteiger partial charge < -0.3 is 15.5 Å². The van der Waals surface area contributed by atoms with E-state index >= 15 is 0 Å². The van der Waals surface area contributed by atoms with Crippen molar-refractivity contribution in [2.24, 2.45) is 10.9 Å². The van der Waals surface area contributed by atoms with Gasteiger partial charge in [-0.2, -0.15) is 0 Å². The molecular weight excluding hydrogens is 334 g/mol. The standard InChI is InChI=1S/C22H43N5/c1-23-21(24-14-8-11-20-9-4-5-10-20)25-19-22(12-17-26(2)18-13-22)27-15-6-3-7-16-27/h20H,3-19H2,1-2H3,(H2,23,24,25). The molecule has 1 aliphatic carbocycles. The second-order valence-corrected chi connectivity index (χ2v) is 9.22. The molecule has 0 spiro atoms. The van der Waals surface area contributed by atoms with Gasteiger partial charge in [-0.1, -0.05) is 32.1 Å². The number of hydrogen-bond acceptors (Lipinski definition) is 3. The Morgan fingerprint density at radius 3 is 2.33 bits per heavy atom. The van der Waals surface area contributed by atoms with Gasteiger partial charge in [0.25, 0.3) is 0 Å². The average Bonchev–Trinajstić information content (AvgIpc) is 3.23. The van der Waals surface area contributed by atoms with Crippen molar-refractivity contribution in [3.05, 3.63) is 0 Å². The van der Waals surface area contributed by atoms with E-state index in [9.17, 15) is 0 Å². The van der Waals surface area contributed by atoms with Crippen LogP contribution in [0.3, 0.4) is 0 Å². The van der Waals surface area contributed by atoms with Gasteiger partial charge in [0, 0.05) is 25.7 Å². The SMILES string of the molecule is CN=C(NCCCC1CCCC1)NCC1(N2CCCCC2)CCN(C)CC1. The summed E-state index contributed by atoms with van der Waals surface area (Å²) < 4.78 is 0. The first-order valence-electron chi connectivity index (χ1n) is 11.6. The first-order valence-corrected chi connectivity index (χ1v) is 11.6. The molecule has 0 aromatic rings. The summed E-state index contributed by atoms with van der Waals surface area (Å²) in [5.74, 6) is 1.99. The molecule has 3 rings (SSSR count). The largest absolute Gasteiger partial charge is 0.356 e. The molecule has 3 fully saturated rings. The van der Waals surface area contributed by atoms with E-state index in [0.717, 1.165) is 25.0 Å². The zero-order valence-corrected chi connectivity index (χ0v) is 17.9. The summed E-state index contributed by atoms with van der Waals surface area (Å²) in [4.78, 5) is 9.78. The predicted octanol–water partition coefficient (Wildman–Crippen LogP) is 3.07.